The summed E-state index contributed by atoms with van der Waals surface area (Å²) in [5.74, 6) is -0.115. The Bertz CT molecular complexity index is 402. The zero-order valence-electron chi connectivity index (χ0n) is 8.97. The van der Waals surface area contributed by atoms with Gasteiger partial charge in [0.15, 0.2) is 11.9 Å². The smallest absolute Gasteiger partial charge is 0.408 e. The average molecular weight is 219 g/mol. The number of Topliss-reactive ketones (excluding diaryl/α,β-unsaturated/α-hetero) is 1. The van der Waals surface area contributed by atoms with E-state index in [-0.39, 0.29) is 11.8 Å². The van der Waals surface area contributed by atoms with Crippen LogP contribution in [0.25, 0.3) is 0 Å². The van der Waals surface area contributed by atoms with E-state index in [2.05, 4.69) is 5.32 Å². The number of alkyl carbamates (subject to hydrolysis) is 1. The first-order valence-corrected chi connectivity index (χ1v) is 5.19. The molecule has 84 valence electrons. The molecule has 0 aliphatic carbocycles. The van der Waals surface area contributed by atoms with Crippen LogP contribution in [-0.2, 0) is 9.53 Å². The minimum Gasteiger partial charge on any atom is -0.438 e. The lowest BCUT2D eigenvalue weighted by Gasteiger charge is -2.28. The van der Waals surface area contributed by atoms with Gasteiger partial charge in [-0.15, -0.1) is 0 Å². The Morgan fingerprint density at radius 1 is 1.38 bits per heavy atom. The quantitative estimate of drug-likeness (QED) is 0.825. The number of cyclic esters (lactones) is 1. The maximum absolute atomic E-state index is 11.3. The summed E-state index contributed by atoms with van der Waals surface area (Å²) in [6.45, 7) is 1.44. The predicted molar refractivity (Wildman–Crippen MR) is 57.9 cm³/mol. The van der Waals surface area contributed by atoms with Gasteiger partial charge in [0.25, 0.3) is 0 Å². The highest BCUT2D eigenvalue weighted by molar-refractivity contribution is 5.84. The van der Waals surface area contributed by atoms with Gasteiger partial charge in [0, 0.05) is 6.42 Å². The van der Waals surface area contributed by atoms with Gasteiger partial charge in [-0.05, 0) is 12.5 Å². The molecule has 1 heterocycles. The summed E-state index contributed by atoms with van der Waals surface area (Å²) in [5.41, 5.74) is 0.991. The van der Waals surface area contributed by atoms with Gasteiger partial charge in [-0.25, -0.2) is 4.79 Å². The van der Waals surface area contributed by atoms with Crippen molar-refractivity contribution < 1.29 is 14.3 Å². The van der Waals surface area contributed by atoms with E-state index in [9.17, 15) is 9.59 Å². The Morgan fingerprint density at radius 3 is 2.69 bits per heavy atom. The summed E-state index contributed by atoms with van der Waals surface area (Å²) < 4.78 is 4.90. The molecule has 1 aromatic rings. The molecule has 1 fully saturated rings. The van der Waals surface area contributed by atoms with Crippen molar-refractivity contribution in [1.29, 1.82) is 0 Å². The van der Waals surface area contributed by atoms with E-state index in [1.54, 1.807) is 0 Å². The van der Waals surface area contributed by atoms with Gasteiger partial charge in [-0.1, -0.05) is 30.3 Å². The second-order valence-corrected chi connectivity index (χ2v) is 3.85. The normalized spacial score (nSPS) is 24.4. The number of ketones is 1. The predicted octanol–water partition coefficient (Wildman–Crippen LogP) is 1.82. The van der Waals surface area contributed by atoms with Crippen molar-refractivity contribution in [3.8, 4) is 0 Å². The fourth-order valence-corrected chi connectivity index (χ4v) is 1.78. The largest absolute Gasteiger partial charge is 0.438 e. The number of carbonyl (C=O) groups excluding carboxylic acids is 2. The first-order valence-electron chi connectivity index (χ1n) is 5.19. The molecule has 1 aliphatic heterocycles. The molecule has 4 nitrogen and oxygen atoms in total. The SMILES string of the molecule is CC(=O)C1CC(c2ccccc2)NC(=O)O1. The van der Waals surface area contributed by atoms with Gasteiger partial charge < -0.3 is 10.1 Å². The highest BCUT2D eigenvalue weighted by Crippen LogP contribution is 2.23. The number of carbonyl (C=O) groups is 2. The summed E-state index contributed by atoms with van der Waals surface area (Å²) in [4.78, 5) is 22.5. The molecule has 16 heavy (non-hydrogen) atoms. The maximum atomic E-state index is 11.3. The molecule has 2 unspecified atom stereocenters. The van der Waals surface area contributed by atoms with Crippen LogP contribution in [0.2, 0.25) is 0 Å². The molecule has 4 heteroatoms. The molecule has 1 aromatic carbocycles. The van der Waals surface area contributed by atoms with Crippen LogP contribution in [-0.4, -0.2) is 18.0 Å². The lowest BCUT2D eigenvalue weighted by atomic mass is 9.98. The van der Waals surface area contributed by atoms with Crippen molar-refractivity contribution in [2.75, 3.05) is 0 Å². The molecule has 2 atom stereocenters. The lowest BCUT2D eigenvalue weighted by molar-refractivity contribution is -0.126. The highest BCUT2D eigenvalue weighted by atomic mass is 16.6. The Morgan fingerprint density at radius 2 is 2.06 bits per heavy atom. The highest BCUT2D eigenvalue weighted by Gasteiger charge is 2.31. The fourth-order valence-electron chi connectivity index (χ4n) is 1.78. The van der Waals surface area contributed by atoms with Gasteiger partial charge in [0.2, 0.25) is 0 Å². The van der Waals surface area contributed by atoms with Gasteiger partial charge in [0.1, 0.15) is 0 Å². The van der Waals surface area contributed by atoms with Crippen LogP contribution < -0.4 is 5.32 Å². The van der Waals surface area contributed by atoms with Gasteiger partial charge >= 0.3 is 6.09 Å². The Balaban J connectivity index is 2.17. The molecule has 1 aliphatic rings. The third-order valence-electron chi connectivity index (χ3n) is 2.65. The van der Waals surface area contributed by atoms with Gasteiger partial charge in [-0.3, -0.25) is 4.79 Å². The van der Waals surface area contributed by atoms with E-state index in [1.807, 2.05) is 30.3 Å². The van der Waals surface area contributed by atoms with Crippen LogP contribution in [0.1, 0.15) is 24.9 Å². The molecule has 1 saturated heterocycles. The molecule has 0 aromatic heterocycles. The zero-order valence-corrected chi connectivity index (χ0v) is 8.97. The Kier molecular flexibility index (Phi) is 2.90. The monoisotopic (exact) mass is 219 g/mol. The third kappa shape index (κ3) is 2.21. The van der Waals surface area contributed by atoms with Crippen molar-refractivity contribution >= 4 is 11.9 Å². The van der Waals surface area contributed by atoms with Crippen molar-refractivity contribution in [1.82, 2.24) is 5.32 Å². The molecule has 1 amide bonds. The topological polar surface area (TPSA) is 55.4 Å². The Labute approximate surface area is 93.6 Å². The number of amides is 1. The number of hydrogen-bond acceptors (Lipinski definition) is 3. The van der Waals surface area contributed by atoms with E-state index in [1.165, 1.54) is 6.92 Å². The number of ether oxygens (including phenoxy) is 1. The number of rotatable bonds is 2. The van der Waals surface area contributed by atoms with E-state index < -0.39 is 12.2 Å². The number of benzene rings is 1. The number of nitrogens with one attached hydrogen (secondary N) is 1. The van der Waals surface area contributed by atoms with Crippen LogP contribution in [0, 0.1) is 0 Å². The summed E-state index contributed by atoms with van der Waals surface area (Å²) in [6, 6.07) is 9.42. The molecule has 2 rings (SSSR count). The summed E-state index contributed by atoms with van der Waals surface area (Å²) in [7, 11) is 0. The minimum atomic E-state index is -0.626. The Hall–Kier alpha value is -1.84. The second kappa shape index (κ2) is 4.35. The third-order valence-corrected chi connectivity index (χ3v) is 2.65. The molecule has 0 radical (unpaired) electrons. The van der Waals surface area contributed by atoms with Crippen molar-refractivity contribution in [3.63, 3.8) is 0 Å². The van der Waals surface area contributed by atoms with Crippen LogP contribution >= 0.6 is 0 Å². The fraction of sp³-hybridized carbons (Fsp3) is 0.333. The first-order chi connectivity index (χ1) is 7.66. The van der Waals surface area contributed by atoms with Crippen molar-refractivity contribution in [2.45, 2.75) is 25.5 Å². The molecule has 0 spiro atoms. The van der Waals surface area contributed by atoms with Crippen molar-refractivity contribution in [3.05, 3.63) is 35.9 Å². The lowest BCUT2D eigenvalue weighted by Crippen LogP contribution is -2.43. The zero-order chi connectivity index (χ0) is 11.5. The standard InChI is InChI=1S/C12H13NO3/c1-8(14)11-7-10(13-12(15)16-11)9-5-3-2-4-6-9/h2-6,10-11H,7H2,1H3,(H,13,15). The molecular formula is C12H13NO3. The van der Waals surface area contributed by atoms with Gasteiger partial charge in [0.05, 0.1) is 6.04 Å². The van der Waals surface area contributed by atoms with Crippen LogP contribution in [0.15, 0.2) is 30.3 Å². The number of hydrogen-bond donors (Lipinski definition) is 1. The molecule has 1 N–H and O–H groups in total. The molecule has 0 saturated carbocycles. The second-order valence-electron chi connectivity index (χ2n) is 3.85. The molecular weight excluding hydrogens is 206 g/mol. The van der Waals surface area contributed by atoms with Gasteiger partial charge in [-0.2, -0.15) is 0 Å². The van der Waals surface area contributed by atoms with E-state index in [0.29, 0.717) is 6.42 Å². The maximum Gasteiger partial charge on any atom is 0.408 e. The summed E-state index contributed by atoms with van der Waals surface area (Å²) in [5, 5.41) is 2.70. The van der Waals surface area contributed by atoms with Crippen LogP contribution in [0.5, 0.6) is 0 Å². The average Bonchev–Trinajstić information content (AvgIpc) is 2.29. The first kappa shape index (κ1) is 10.7. The van der Waals surface area contributed by atoms with Crippen molar-refractivity contribution in [2.24, 2.45) is 0 Å². The minimum absolute atomic E-state index is 0.115. The van der Waals surface area contributed by atoms with E-state index >= 15 is 0 Å². The van der Waals surface area contributed by atoms with Crippen LogP contribution in [0.4, 0.5) is 4.79 Å². The van der Waals surface area contributed by atoms with E-state index in [4.69, 9.17) is 4.74 Å². The summed E-state index contributed by atoms with van der Waals surface area (Å²) in [6.07, 6.45) is -0.662. The molecule has 0 bridgehead atoms. The van der Waals surface area contributed by atoms with E-state index in [0.717, 1.165) is 5.56 Å². The summed E-state index contributed by atoms with van der Waals surface area (Å²) >= 11 is 0. The van der Waals surface area contributed by atoms with Crippen LogP contribution in [0.3, 0.4) is 0 Å².